The highest BCUT2D eigenvalue weighted by Crippen LogP contribution is 2.27. The number of fused-ring (bicyclic) bond motifs is 1. The van der Waals surface area contributed by atoms with Crippen LogP contribution in [0.3, 0.4) is 0 Å². The Morgan fingerprint density at radius 2 is 1.65 bits per heavy atom. The lowest BCUT2D eigenvalue weighted by Crippen LogP contribution is -2.37. The highest BCUT2D eigenvalue weighted by molar-refractivity contribution is 5.94. The maximum Gasteiger partial charge on any atom is 0.254 e. The van der Waals surface area contributed by atoms with Crippen molar-refractivity contribution in [2.24, 2.45) is 0 Å². The van der Waals surface area contributed by atoms with Gasteiger partial charge in [-0.3, -0.25) is 4.79 Å². The van der Waals surface area contributed by atoms with Gasteiger partial charge in [-0.05, 0) is 97.0 Å². The van der Waals surface area contributed by atoms with E-state index in [1.807, 2.05) is 30.5 Å². The summed E-state index contributed by atoms with van der Waals surface area (Å²) in [6.45, 7) is 3.40. The van der Waals surface area contributed by atoms with Crippen LogP contribution in [0.5, 0.6) is 0 Å². The van der Waals surface area contributed by atoms with Crippen molar-refractivity contribution in [3.05, 3.63) is 95.7 Å². The van der Waals surface area contributed by atoms with Gasteiger partial charge >= 0.3 is 0 Å². The lowest BCUT2D eigenvalue weighted by atomic mass is 10.0. The van der Waals surface area contributed by atoms with Crippen molar-refractivity contribution in [1.82, 2.24) is 14.8 Å². The fourth-order valence-electron chi connectivity index (χ4n) is 4.61. The van der Waals surface area contributed by atoms with Gasteiger partial charge in [0, 0.05) is 42.5 Å². The highest BCUT2D eigenvalue weighted by atomic mass is 19.1. The number of carbonyl (C=O) groups excluding carboxylic acids is 1. The summed E-state index contributed by atoms with van der Waals surface area (Å²) in [6, 6.07) is 18.7. The normalized spacial score (nSPS) is 14.1. The van der Waals surface area contributed by atoms with Crippen LogP contribution >= 0.6 is 0 Å². The molecule has 0 aliphatic carbocycles. The number of halogens is 2. The average molecular weight is 460 g/mol. The Bertz CT molecular complexity index is 1290. The van der Waals surface area contributed by atoms with Gasteiger partial charge in [0.05, 0.1) is 0 Å². The molecule has 1 aliphatic heterocycles. The molecule has 4 nitrogen and oxygen atoms in total. The first-order chi connectivity index (χ1) is 16.6. The van der Waals surface area contributed by atoms with Gasteiger partial charge < -0.3 is 14.8 Å². The minimum atomic E-state index is -0.390. The van der Waals surface area contributed by atoms with Crippen LogP contribution in [0.2, 0.25) is 0 Å². The van der Waals surface area contributed by atoms with Crippen LogP contribution in [-0.4, -0.2) is 46.9 Å². The minimum Gasteiger partial charge on any atom is -0.361 e. The first kappa shape index (κ1) is 22.3. The van der Waals surface area contributed by atoms with E-state index in [0.717, 1.165) is 54.5 Å². The van der Waals surface area contributed by atoms with Gasteiger partial charge in [0.1, 0.15) is 11.6 Å². The largest absolute Gasteiger partial charge is 0.361 e. The zero-order chi connectivity index (χ0) is 23.5. The van der Waals surface area contributed by atoms with Crippen molar-refractivity contribution >= 4 is 16.8 Å². The quantitative estimate of drug-likeness (QED) is 0.377. The van der Waals surface area contributed by atoms with Gasteiger partial charge in [0.25, 0.3) is 5.91 Å². The number of nitrogens with zero attached hydrogens (tertiary/aromatic N) is 2. The van der Waals surface area contributed by atoms with Crippen molar-refractivity contribution in [2.45, 2.75) is 19.4 Å². The molecule has 0 unspecified atom stereocenters. The molecule has 1 amide bonds. The summed E-state index contributed by atoms with van der Waals surface area (Å²) >= 11 is 0. The van der Waals surface area contributed by atoms with Crippen molar-refractivity contribution in [3.8, 4) is 11.1 Å². The molecular weight excluding hydrogens is 432 g/mol. The highest BCUT2D eigenvalue weighted by Gasteiger charge is 2.20. The van der Waals surface area contributed by atoms with Crippen molar-refractivity contribution in [2.75, 3.05) is 26.2 Å². The molecule has 3 aromatic carbocycles. The van der Waals surface area contributed by atoms with Gasteiger partial charge in [-0.1, -0.05) is 12.1 Å². The van der Waals surface area contributed by atoms with E-state index in [4.69, 9.17) is 0 Å². The molecule has 1 fully saturated rings. The summed E-state index contributed by atoms with van der Waals surface area (Å²) in [6.07, 6.45) is 4.21. The monoisotopic (exact) mass is 459 g/mol. The number of benzene rings is 3. The maximum atomic E-state index is 14.9. The Balaban J connectivity index is 1.42. The first-order valence-corrected chi connectivity index (χ1v) is 11.7. The van der Waals surface area contributed by atoms with E-state index in [9.17, 15) is 13.6 Å². The van der Waals surface area contributed by atoms with E-state index in [1.54, 1.807) is 11.0 Å². The third-order valence-electron chi connectivity index (χ3n) is 6.56. The number of hydrogen-bond donors (Lipinski definition) is 1. The molecule has 0 radical (unpaired) electrons. The molecular formula is C28H27F2N3O. The lowest BCUT2D eigenvalue weighted by molar-refractivity contribution is 0.0725. The van der Waals surface area contributed by atoms with E-state index in [1.165, 1.54) is 30.3 Å². The molecule has 0 bridgehead atoms. The summed E-state index contributed by atoms with van der Waals surface area (Å²) in [7, 11) is 0. The number of aromatic nitrogens is 1. The number of hydrogen-bond acceptors (Lipinski definition) is 2. The molecule has 4 aromatic rings. The number of carbonyl (C=O) groups is 1. The third kappa shape index (κ3) is 4.87. The Kier molecular flexibility index (Phi) is 6.41. The molecule has 174 valence electrons. The zero-order valence-electron chi connectivity index (χ0n) is 18.9. The van der Waals surface area contributed by atoms with E-state index in [2.05, 4.69) is 16.0 Å². The van der Waals surface area contributed by atoms with Gasteiger partial charge in [0.15, 0.2) is 0 Å². The number of likely N-dealkylation sites (tertiary alicyclic amines) is 1. The average Bonchev–Trinajstić information content (AvgIpc) is 3.54. The number of nitrogens with one attached hydrogen (secondary N) is 1. The summed E-state index contributed by atoms with van der Waals surface area (Å²) in [5, 5.41) is 1.09. The molecule has 2 heterocycles. The number of aromatic amines is 1. The van der Waals surface area contributed by atoms with Gasteiger partial charge in [-0.15, -0.1) is 0 Å². The smallest absolute Gasteiger partial charge is 0.254 e. The fraction of sp³-hybridized carbons (Fsp3) is 0.250. The molecule has 0 spiro atoms. The summed E-state index contributed by atoms with van der Waals surface area (Å²) in [4.78, 5) is 20.5. The molecule has 0 atom stereocenters. The number of rotatable bonds is 7. The van der Waals surface area contributed by atoms with Crippen molar-refractivity contribution in [1.29, 1.82) is 0 Å². The van der Waals surface area contributed by atoms with Crippen LogP contribution in [0.15, 0.2) is 72.9 Å². The number of amides is 1. The van der Waals surface area contributed by atoms with Crippen molar-refractivity contribution < 1.29 is 13.6 Å². The van der Waals surface area contributed by atoms with Gasteiger partial charge in [-0.25, -0.2) is 8.78 Å². The van der Waals surface area contributed by atoms with Gasteiger partial charge in [-0.2, -0.15) is 0 Å². The molecule has 1 aliphatic rings. The lowest BCUT2D eigenvalue weighted by Gasteiger charge is -2.26. The van der Waals surface area contributed by atoms with Gasteiger partial charge in [0.2, 0.25) is 0 Å². The standard InChI is InChI=1S/C28H27F2N3O/c29-25-7-3-20(4-8-25)28(34)33(16-15-32-13-1-2-14-32)19-24-18-21(5-9-26(24)30)22-6-10-27-23(17-22)11-12-31-27/h3-12,17-18,31H,1-2,13-16,19H2. The van der Waals surface area contributed by atoms with Crippen molar-refractivity contribution in [3.63, 3.8) is 0 Å². The van der Waals surface area contributed by atoms with Crippen LogP contribution in [-0.2, 0) is 6.54 Å². The van der Waals surface area contributed by atoms with Crippen LogP contribution in [0.25, 0.3) is 22.0 Å². The summed E-state index contributed by atoms with van der Waals surface area (Å²) in [5.41, 5.74) is 3.79. The van der Waals surface area contributed by atoms with E-state index in [0.29, 0.717) is 17.7 Å². The first-order valence-electron chi connectivity index (χ1n) is 11.7. The van der Waals surface area contributed by atoms with Crippen LogP contribution in [0.1, 0.15) is 28.8 Å². The van der Waals surface area contributed by atoms with Crippen LogP contribution in [0, 0.1) is 11.6 Å². The van der Waals surface area contributed by atoms with E-state index < -0.39 is 5.82 Å². The molecule has 0 saturated carbocycles. The molecule has 5 rings (SSSR count). The zero-order valence-corrected chi connectivity index (χ0v) is 18.9. The maximum absolute atomic E-state index is 14.9. The second-order valence-corrected chi connectivity index (χ2v) is 8.87. The minimum absolute atomic E-state index is 0.149. The summed E-state index contributed by atoms with van der Waals surface area (Å²) < 4.78 is 28.3. The Labute approximate surface area is 197 Å². The second-order valence-electron chi connectivity index (χ2n) is 8.87. The third-order valence-corrected chi connectivity index (χ3v) is 6.56. The topological polar surface area (TPSA) is 39.3 Å². The van der Waals surface area contributed by atoms with Crippen LogP contribution < -0.4 is 0 Å². The predicted molar refractivity (Wildman–Crippen MR) is 131 cm³/mol. The predicted octanol–water partition coefficient (Wildman–Crippen LogP) is 5.85. The molecule has 1 saturated heterocycles. The SMILES string of the molecule is O=C(c1ccc(F)cc1)N(CCN1CCCC1)Cc1cc(-c2ccc3[nH]ccc3c2)ccc1F. The molecule has 1 N–H and O–H groups in total. The molecule has 6 heteroatoms. The van der Waals surface area contributed by atoms with E-state index in [-0.39, 0.29) is 18.3 Å². The Morgan fingerprint density at radius 3 is 2.44 bits per heavy atom. The second kappa shape index (κ2) is 9.77. The number of H-pyrrole nitrogens is 1. The molecule has 34 heavy (non-hydrogen) atoms. The van der Waals surface area contributed by atoms with Crippen LogP contribution in [0.4, 0.5) is 8.78 Å². The van der Waals surface area contributed by atoms with E-state index >= 15 is 0 Å². The Hall–Kier alpha value is -3.51. The molecule has 1 aromatic heterocycles. The summed E-state index contributed by atoms with van der Waals surface area (Å²) in [5.74, 6) is -0.958. The Morgan fingerprint density at radius 1 is 0.912 bits per heavy atom. The fourth-order valence-corrected chi connectivity index (χ4v) is 4.61.